The normalized spacial score (nSPS) is 16.0. The van der Waals surface area contributed by atoms with Crippen molar-refractivity contribution in [3.63, 3.8) is 0 Å². The van der Waals surface area contributed by atoms with E-state index in [1.165, 1.54) is 34.5 Å². The zero-order valence-electron chi connectivity index (χ0n) is 19.1. The first-order valence-electron chi connectivity index (χ1n) is 10.4. The SMILES string of the molecule is COc1ccc(S(N)(=O)=O)cc1C(=O)N1CCN(S(=O)(=O)c2ccc(C(C)(C)C)cc2)CC1. The third-order valence-electron chi connectivity index (χ3n) is 5.61. The van der Waals surface area contributed by atoms with Crippen LogP contribution in [0.15, 0.2) is 52.3 Å². The molecule has 1 aliphatic rings. The fourth-order valence-electron chi connectivity index (χ4n) is 3.61. The Morgan fingerprint density at radius 3 is 1.94 bits per heavy atom. The molecular formula is C22H29N3O6S2. The van der Waals surface area contributed by atoms with Crippen LogP contribution in [0.5, 0.6) is 5.75 Å². The Kier molecular flexibility index (Phi) is 6.90. The first-order valence-corrected chi connectivity index (χ1v) is 13.3. The van der Waals surface area contributed by atoms with Gasteiger partial charge in [-0.25, -0.2) is 22.0 Å². The van der Waals surface area contributed by atoms with Crippen molar-refractivity contribution in [1.82, 2.24) is 9.21 Å². The average Bonchev–Trinajstić information content (AvgIpc) is 2.77. The van der Waals surface area contributed by atoms with Crippen molar-refractivity contribution < 1.29 is 26.4 Å². The van der Waals surface area contributed by atoms with Crippen LogP contribution in [0.25, 0.3) is 0 Å². The summed E-state index contributed by atoms with van der Waals surface area (Å²) < 4.78 is 56.1. The average molecular weight is 496 g/mol. The van der Waals surface area contributed by atoms with Gasteiger partial charge in [-0.15, -0.1) is 0 Å². The zero-order chi connectivity index (χ0) is 24.6. The molecule has 2 aromatic carbocycles. The molecule has 0 spiro atoms. The van der Waals surface area contributed by atoms with Gasteiger partial charge in [0.1, 0.15) is 5.75 Å². The Labute approximate surface area is 195 Å². The first-order chi connectivity index (χ1) is 15.2. The van der Waals surface area contributed by atoms with Crippen molar-refractivity contribution >= 4 is 26.0 Å². The highest BCUT2D eigenvalue weighted by Crippen LogP contribution is 2.27. The summed E-state index contributed by atoms with van der Waals surface area (Å²) in [6.45, 7) is 6.71. The summed E-state index contributed by atoms with van der Waals surface area (Å²) in [6.07, 6.45) is 0. The molecule has 0 saturated carbocycles. The van der Waals surface area contributed by atoms with E-state index >= 15 is 0 Å². The minimum absolute atomic E-state index is 0.0538. The number of carbonyl (C=O) groups is 1. The Balaban J connectivity index is 1.76. The molecule has 1 amide bonds. The molecule has 0 bridgehead atoms. The first kappa shape index (κ1) is 25.2. The number of hydrogen-bond acceptors (Lipinski definition) is 6. The van der Waals surface area contributed by atoms with E-state index in [0.717, 1.165) is 5.56 Å². The van der Waals surface area contributed by atoms with Crippen LogP contribution in [0.4, 0.5) is 0 Å². The second-order valence-corrected chi connectivity index (χ2v) is 12.4. The monoisotopic (exact) mass is 495 g/mol. The molecule has 3 rings (SSSR count). The summed E-state index contributed by atoms with van der Waals surface area (Å²) in [5.41, 5.74) is 1.00. The fraction of sp³-hybridized carbons (Fsp3) is 0.409. The van der Waals surface area contributed by atoms with Gasteiger partial charge in [0.2, 0.25) is 20.0 Å². The molecule has 33 heavy (non-hydrogen) atoms. The van der Waals surface area contributed by atoms with Gasteiger partial charge in [-0.05, 0) is 41.3 Å². The Morgan fingerprint density at radius 1 is 0.909 bits per heavy atom. The molecule has 1 saturated heterocycles. The third kappa shape index (κ3) is 5.37. The molecule has 1 heterocycles. The molecule has 1 fully saturated rings. The molecule has 0 aromatic heterocycles. The van der Waals surface area contributed by atoms with Gasteiger partial charge >= 0.3 is 0 Å². The maximum absolute atomic E-state index is 13.1. The fourth-order valence-corrected chi connectivity index (χ4v) is 5.57. The van der Waals surface area contributed by atoms with Crippen molar-refractivity contribution in [2.45, 2.75) is 36.0 Å². The van der Waals surface area contributed by atoms with Crippen molar-refractivity contribution in [1.29, 1.82) is 0 Å². The van der Waals surface area contributed by atoms with Crippen LogP contribution in [0, 0.1) is 0 Å². The molecular weight excluding hydrogens is 466 g/mol. The van der Waals surface area contributed by atoms with Gasteiger partial charge in [0, 0.05) is 26.2 Å². The number of hydrogen-bond donors (Lipinski definition) is 1. The molecule has 9 nitrogen and oxygen atoms in total. The van der Waals surface area contributed by atoms with E-state index < -0.39 is 26.0 Å². The second kappa shape index (κ2) is 9.05. The van der Waals surface area contributed by atoms with E-state index in [0.29, 0.717) is 0 Å². The van der Waals surface area contributed by atoms with E-state index in [1.807, 2.05) is 12.1 Å². The molecule has 2 N–H and O–H groups in total. The van der Waals surface area contributed by atoms with Gasteiger partial charge in [0.25, 0.3) is 5.91 Å². The van der Waals surface area contributed by atoms with Gasteiger partial charge in [0.05, 0.1) is 22.5 Å². The Morgan fingerprint density at radius 2 is 1.45 bits per heavy atom. The minimum Gasteiger partial charge on any atom is -0.496 e. The predicted octanol–water partition coefficient (Wildman–Crippen LogP) is 1.79. The predicted molar refractivity (Wildman–Crippen MR) is 124 cm³/mol. The molecule has 0 atom stereocenters. The van der Waals surface area contributed by atoms with Crippen molar-refractivity contribution in [2.24, 2.45) is 5.14 Å². The summed E-state index contributed by atoms with van der Waals surface area (Å²) >= 11 is 0. The summed E-state index contributed by atoms with van der Waals surface area (Å²) in [5, 5.41) is 5.18. The number of ether oxygens (including phenoxy) is 1. The van der Waals surface area contributed by atoms with Crippen LogP contribution in [0.2, 0.25) is 0 Å². The number of carbonyl (C=O) groups excluding carboxylic acids is 1. The van der Waals surface area contributed by atoms with Gasteiger partial charge < -0.3 is 9.64 Å². The summed E-state index contributed by atoms with van der Waals surface area (Å²) in [5.74, 6) is -0.245. The van der Waals surface area contributed by atoms with Crippen molar-refractivity contribution in [3.05, 3.63) is 53.6 Å². The number of amides is 1. The summed E-state index contributed by atoms with van der Waals surface area (Å²) in [7, 11) is -6.33. The Hall–Kier alpha value is -2.47. The lowest BCUT2D eigenvalue weighted by Gasteiger charge is -2.34. The van der Waals surface area contributed by atoms with Crippen LogP contribution in [0.1, 0.15) is 36.7 Å². The maximum atomic E-state index is 13.1. The lowest BCUT2D eigenvalue weighted by Crippen LogP contribution is -2.50. The number of primary sulfonamides is 1. The second-order valence-electron chi connectivity index (χ2n) is 8.88. The molecule has 0 unspecified atom stereocenters. The van der Waals surface area contributed by atoms with E-state index in [9.17, 15) is 21.6 Å². The van der Waals surface area contributed by atoms with Gasteiger partial charge in [0.15, 0.2) is 0 Å². The highest BCUT2D eigenvalue weighted by atomic mass is 32.2. The number of nitrogens with two attached hydrogens (primary N) is 1. The molecule has 1 aliphatic heterocycles. The smallest absolute Gasteiger partial charge is 0.257 e. The molecule has 180 valence electrons. The number of benzene rings is 2. The highest BCUT2D eigenvalue weighted by molar-refractivity contribution is 7.89. The summed E-state index contributed by atoms with van der Waals surface area (Å²) in [6, 6.07) is 10.7. The van der Waals surface area contributed by atoms with Crippen LogP contribution < -0.4 is 9.88 Å². The topological polar surface area (TPSA) is 127 Å². The van der Waals surface area contributed by atoms with E-state index in [2.05, 4.69) is 20.8 Å². The number of nitrogens with zero attached hydrogens (tertiary/aromatic N) is 2. The van der Waals surface area contributed by atoms with E-state index in [-0.39, 0.29) is 52.7 Å². The maximum Gasteiger partial charge on any atom is 0.257 e. The summed E-state index contributed by atoms with van der Waals surface area (Å²) in [4.78, 5) is 14.5. The van der Waals surface area contributed by atoms with Crippen LogP contribution in [0.3, 0.4) is 0 Å². The van der Waals surface area contributed by atoms with Gasteiger partial charge in [-0.3, -0.25) is 4.79 Å². The molecule has 2 aromatic rings. The van der Waals surface area contributed by atoms with Crippen molar-refractivity contribution in [2.75, 3.05) is 33.3 Å². The number of methoxy groups -OCH3 is 1. The standard InChI is InChI=1S/C22H29N3O6S2/c1-22(2,3)16-5-7-17(8-6-16)33(29,30)25-13-11-24(12-14-25)21(26)19-15-18(32(23,27)28)9-10-20(19)31-4/h5-10,15H,11-14H2,1-4H3,(H2,23,27,28). The number of rotatable bonds is 5. The van der Waals surface area contributed by atoms with Crippen molar-refractivity contribution in [3.8, 4) is 5.75 Å². The molecule has 0 aliphatic carbocycles. The molecule has 11 heteroatoms. The van der Waals surface area contributed by atoms with Gasteiger partial charge in [-0.1, -0.05) is 32.9 Å². The van der Waals surface area contributed by atoms with E-state index in [1.54, 1.807) is 12.1 Å². The largest absolute Gasteiger partial charge is 0.496 e. The zero-order valence-corrected chi connectivity index (χ0v) is 20.7. The third-order valence-corrected chi connectivity index (χ3v) is 8.44. The van der Waals surface area contributed by atoms with Crippen LogP contribution in [-0.2, 0) is 25.5 Å². The van der Waals surface area contributed by atoms with Crippen LogP contribution >= 0.6 is 0 Å². The van der Waals surface area contributed by atoms with E-state index in [4.69, 9.17) is 9.88 Å². The van der Waals surface area contributed by atoms with Crippen LogP contribution in [-0.4, -0.2) is 65.2 Å². The van der Waals surface area contributed by atoms with Gasteiger partial charge in [-0.2, -0.15) is 4.31 Å². The minimum atomic E-state index is -4.00. The number of piperazine rings is 1. The lowest BCUT2D eigenvalue weighted by molar-refractivity contribution is 0.0694. The Bertz CT molecular complexity index is 1240. The highest BCUT2D eigenvalue weighted by Gasteiger charge is 2.32. The molecule has 0 radical (unpaired) electrons. The quantitative estimate of drug-likeness (QED) is 0.674. The number of sulfonamides is 2. The lowest BCUT2D eigenvalue weighted by atomic mass is 9.87.